The number of rotatable bonds is 6. The van der Waals surface area contributed by atoms with E-state index >= 15 is 0 Å². The zero-order chi connectivity index (χ0) is 10.9. The Morgan fingerprint density at radius 3 is 2.67 bits per heavy atom. The van der Waals surface area contributed by atoms with Gasteiger partial charge in [-0.15, -0.1) is 0 Å². The fourth-order valence-corrected chi connectivity index (χ4v) is 1.27. The summed E-state index contributed by atoms with van der Waals surface area (Å²) in [5, 5.41) is 0. The van der Waals surface area contributed by atoms with Crippen molar-refractivity contribution in [3.05, 3.63) is 60.4 Å². The van der Waals surface area contributed by atoms with E-state index in [0.29, 0.717) is 6.61 Å². The molecule has 80 valence electrons. The number of hydrogen-bond acceptors (Lipinski definition) is 1. The van der Waals surface area contributed by atoms with Crippen LogP contribution in [0.25, 0.3) is 0 Å². The highest BCUT2D eigenvalue weighted by Crippen LogP contribution is 2.02. The van der Waals surface area contributed by atoms with Crippen LogP contribution in [0, 0.1) is 0 Å². The molecule has 1 aromatic rings. The lowest BCUT2D eigenvalue weighted by molar-refractivity contribution is 0.251. The van der Waals surface area contributed by atoms with E-state index in [1.165, 1.54) is 5.56 Å². The summed E-state index contributed by atoms with van der Waals surface area (Å²) in [6, 6.07) is 10.5. The molecule has 0 aliphatic heterocycles. The molecule has 0 aromatic heterocycles. The van der Waals surface area contributed by atoms with Crippen LogP contribution in [0.5, 0.6) is 0 Å². The molecule has 0 aliphatic rings. The second-order valence-electron chi connectivity index (χ2n) is 3.51. The first-order valence-corrected chi connectivity index (χ1v) is 5.26. The van der Waals surface area contributed by atoms with Gasteiger partial charge in [0.2, 0.25) is 0 Å². The third-order valence-corrected chi connectivity index (χ3v) is 2.04. The van der Waals surface area contributed by atoms with Crippen molar-refractivity contribution in [1.29, 1.82) is 0 Å². The van der Waals surface area contributed by atoms with E-state index < -0.39 is 0 Å². The standard InChI is InChI=1S/C14H18O/c1-13(2)15-12-8-4-7-11-14-9-5-3-6-10-14/h3-6,8-10H,1,7,11-12H2,2H3/b8-4+. The van der Waals surface area contributed by atoms with Crippen molar-refractivity contribution in [3.63, 3.8) is 0 Å². The van der Waals surface area contributed by atoms with E-state index in [2.05, 4.69) is 36.9 Å². The van der Waals surface area contributed by atoms with Crippen LogP contribution in [-0.2, 0) is 11.2 Å². The van der Waals surface area contributed by atoms with Crippen LogP contribution in [0.3, 0.4) is 0 Å². The summed E-state index contributed by atoms with van der Waals surface area (Å²) in [6.07, 6.45) is 6.33. The number of allylic oxidation sites excluding steroid dienone is 2. The lowest BCUT2D eigenvalue weighted by atomic mass is 10.1. The maximum Gasteiger partial charge on any atom is 0.106 e. The molecule has 0 unspecified atom stereocenters. The number of aryl methyl sites for hydroxylation is 1. The molecule has 0 N–H and O–H groups in total. The SMILES string of the molecule is C=C(C)OC/C=C/CCc1ccccc1. The molecule has 1 aromatic carbocycles. The molecule has 0 atom stereocenters. The van der Waals surface area contributed by atoms with E-state index in [9.17, 15) is 0 Å². The predicted molar refractivity (Wildman–Crippen MR) is 64.7 cm³/mol. The van der Waals surface area contributed by atoms with Gasteiger partial charge in [0.05, 0.1) is 5.76 Å². The molecule has 0 heterocycles. The van der Waals surface area contributed by atoms with Crippen molar-refractivity contribution in [2.24, 2.45) is 0 Å². The summed E-state index contributed by atoms with van der Waals surface area (Å²) < 4.78 is 5.21. The largest absolute Gasteiger partial charge is 0.495 e. The molecule has 0 aliphatic carbocycles. The summed E-state index contributed by atoms with van der Waals surface area (Å²) in [7, 11) is 0. The van der Waals surface area contributed by atoms with Crippen LogP contribution in [0.15, 0.2) is 54.8 Å². The fraction of sp³-hybridized carbons (Fsp3) is 0.286. The molecular formula is C14H18O. The summed E-state index contributed by atoms with van der Waals surface area (Å²) in [6.45, 7) is 6.15. The molecule has 1 rings (SSSR count). The normalized spacial score (nSPS) is 10.5. The van der Waals surface area contributed by atoms with Crippen molar-refractivity contribution >= 4 is 0 Å². The first-order valence-electron chi connectivity index (χ1n) is 5.26. The van der Waals surface area contributed by atoms with Crippen LogP contribution >= 0.6 is 0 Å². The van der Waals surface area contributed by atoms with E-state index in [1.807, 2.05) is 19.1 Å². The van der Waals surface area contributed by atoms with Gasteiger partial charge in [0.1, 0.15) is 6.61 Å². The van der Waals surface area contributed by atoms with Crippen molar-refractivity contribution in [3.8, 4) is 0 Å². The van der Waals surface area contributed by atoms with Crippen molar-refractivity contribution in [2.75, 3.05) is 6.61 Å². The highest BCUT2D eigenvalue weighted by Gasteiger charge is 1.87. The Bertz CT molecular complexity index is 311. The van der Waals surface area contributed by atoms with E-state index in [-0.39, 0.29) is 0 Å². The van der Waals surface area contributed by atoms with Crippen LogP contribution in [0.4, 0.5) is 0 Å². The number of hydrogen-bond donors (Lipinski definition) is 0. The van der Waals surface area contributed by atoms with Gasteiger partial charge in [0, 0.05) is 0 Å². The van der Waals surface area contributed by atoms with Crippen LogP contribution < -0.4 is 0 Å². The lowest BCUT2D eigenvalue weighted by Gasteiger charge is -1.99. The third kappa shape index (κ3) is 5.74. The Hall–Kier alpha value is -1.50. The van der Waals surface area contributed by atoms with Crippen LogP contribution in [-0.4, -0.2) is 6.61 Å². The summed E-state index contributed by atoms with van der Waals surface area (Å²) >= 11 is 0. The van der Waals surface area contributed by atoms with Gasteiger partial charge in [-0.25, -0.2) is 0 Å². The molecule has 0 saturated heterocycles. The van der Waals surface area contributed by atoms with Gasteiger partial charge in [-0.2, -0.15) is 0 Å². The Kier molecular flexibility index (Phi) is 5.31. The van der Waals surface area contributed by atoms with Gasteiger partial charge < -0.3 is 4.74 Å². The molecular weight excluding hydrogens is 184 g/mol. The fourth-order valence-electron chi connectivity index (χ4n) is 1.27. The molecule has 1 nitrogen and oxygen atoms in total. The average molecular weight is 202 g/mol. The quantitative estimate of drug-likeness (QED) is 0.504. The van der Waals surface area contributed by atoms with E-state index in [1.54, 1.807) is 0 Å². The maximum atomic E-state index is 5.21. The Morgan fingerprint density at radius 1 is 1.27 bits per heavy atom. The van der Waals surface area contributed by atoms with Gasteiger partial charge in [-0.05, 0) is 25.3 Å². The predicted octanol–water partition coefficient (Wildman–Crippen LogP) is 3.73. The average Bonchev–Trinajstić information content (AvgIpc) is 2.24. The second-order valence-corrected chi connectivity index (χ2v) is 3.51. The first-order chi connectivity index (χ1) is 7.29. The zero-order valence-electron chi connectivity index (χ0n) is 9.28. The minimum absolute atomic E-state index is 0.629. The summed E-state index contributed by atoms with van der Waals surface area (Å²) in [5.74, 6) is 0.766. The highest BCUT2D eigenvalue weighted by atomic mass is 16.5. The van der Waals surface area contributed by atoms with Crippen LogP contribution in [0.1, 0.15) is 18.9 Å². The maximum absolute atomic E-state index is 5.21. The van der Waals surface area contributed by atoms with Crippen LogP contribution in [0.2, 0.25) is 0 Å². The summed E-state index contributed by atoms with van der Waals surface area (Å²) in [5.41, 5.74) is 1.38. The van der Waals surface area contributed by atoms with Gasteiger partial charge in [-0.3, -0.25) is 0 Å². The zero-order valence-corrected chi connectivity index (χ0v) is 9.28. The minimum atomic E-state index is 0.629. The second kappa shape index (κ2) is 6.88. The molecule has 0 radical (unpaired) electrons. The monoisotopic (exact) mass is 202 g/mol. The van der Waals surface area contributed by atoms with Gasteiger partial charge in [0.15, 0.2) is 0 Å². The number of benzene rings is 1. The van der Waals surface area contributed by atoms with Gasteiger partial charge in [-0.1, -0.05) is 49.1 Å². The molecule has 1 heteroatoms. The molecule has 0 spiro atoms. The molecule has 0 fully saturated rings. The Labute approximate surface area is 92.1 Å². The minimum Gasteiger partial charge on any atom is -0.495 e. The third-order valence-electron chi connectivity index (χ3n) is 2.04. The molecule has 0 bridgehead atoms. The smallest absolute Gasteiger partial charge is 0.106 e. The van der Waals surface area contributed by atoms with Crippen molar-refractivity contribution < 1.29 is 4.74 Å². The highest BCUT2D eigenvalue weighted by molar-refractivity contribution is 5.15. The topological polar surface area (TPSA) is 9.23 Å². The van der Waals surface area contributed by atoms with Crippen molar-refractivity contribution in [2.45, 2.75) is 19.8 Å². The lowest BCUT2D eigenvalue weighted by Crippen LogP contribution is -1.86. The Balaban J connectivity index is 2.14. The van der Waals surface area contributed by atoms with Crippen molar-refractivity contribution in [1.82, 2.24) is 0 Å². The van der Waals surface area contributed by atoms with E-state index in [0.717, 1.165) is 18.6 Å². The first kappa shape index (κ1) is 11.6. The van der Waals surface area contributed by atoms with Gasteiger partial charge in [0.25, 0.3) is 0 Å². The molecule has 15 heavy (non-hydrogen) atoms. The molecule has 0 amide bonds. The van der Waals surface area contributed by atoms with Gasteiger partial charge >= 0.3 is 0 Å². The summed E-state index contributed by atoms with van der Waals surface area (Å²) in [4.78, 5) is 0. The number of ether oxygens (including phenoxy) is 1. The van der Waals surface area contributed by atoms with E-state index in [4.69, 9.17) is 4.74 Å². The molecule has 0 saturated carbocycles. The Morgan fingerprint density at radius 2 is 2.00 bits per heavy atom.